The van der Waals surface area contributed by atoms with E-state index in [1.54, 1.807) is 0 Å². The maximum atomic E-state index is 3.46. The van der Waals surface area contributed by atoms with E-state index in [1.165, 1.54) is 32.9 Å². The van der Waals surface area contributed by atoms with Gasteiger partial charge in [-0.25, -0.2) is 0 Å². The van der Waals surface area contributed by atoms with Gasteiger partial charge in [-0.2, -0.15) is 0 Å². The van der Waals surface area contributed by atoms with Crippen LogP contribution in [-0.4, -0.2) is 4.98 Å². The zero-order chi connectivity index (χ0) is 16.7. The summed E-state index contributed by atoms with van der Waals surface area (Å²) in [5.41, 5.74) is 4.91. The fourth-order valence-electron chi connectivity index (χ4n) is 2.66. The van der Waals surface area contributed by atoms with Gasteiger partial charge in [0.1, 0.15) is 0 Å². The third-order valence-corrected chi connectivity index (χ3v) is 3.61. The Bertz CT molecular complexity index is 863. The zero-order valence-electron chi connectivity index (χ0n) is 14.4. The molecule has 128 valence electrons. The van der Waals surface area contributed by atoms with Crippen molar-refractivity contribution in [2.75, 3.05) is 0 Å². The number of hydrogen-bond acceptors (Lipinski definition) is 0. The van der Waals surface area contributed by atoms with Crippen molar-refractivity contribution in [2.24, 2.45) is 0 Å². The predicted molar refractivity (Wildman–Crippen MR) is 113 cm³/mol. The third kappa shape index (κ3) is 3.86. The second-order valence-electron chi connectivity index (χ2n) is 4.80. The molecule has 0 aliphatic rings. The Morgan fingerprint density at radius 3 is 1.88 bits per heavy atom. The molecule has 0 spiro atoms. The van der Waals surface area contributed by atoms with Crippen molar-refractivity contribution in [3.63, 3.8) is 0 Å². The van der Waals surface area contributed by atoms with Crippen LogP contribution in [0.2, 0.25) is 0 Å². The summed E-state index contributed by atoms with van der Waals surface area (Å²) in [6.07, 6.45) is 0. The van der Waals surface area contributed by atoms with Crippen LogP contribution in [0.5, 0.6) is 0 Å². The molecule has 4 aromatic rings. The molecule has 0 atom stereocenters. The molecule has 0 aliphatic heterocycles. The fraction of sp³-hybridized carbons (Fsp3) is 0.217. The molecule has 1 heterocycles. The fourth-order valence-corrected chi connectivity index (χ4v) is 2.66. The van der Waals surface area contributed by atoms with Crippen molar-refractivity contribution in [2.45, 2.75) is 35.1 Å². The Balaban J connectivity index is 0.000000901. The number of rotatable bonds is 1. The smallest absolute Gasteiger partial charge is 0.0465 e. The first kappa shape index (κ1) is 19.5. The SMILES string of the molecule is C.CC.CC.[HH].c1ccc(-c2ccc3[nH]c4ccccc4c3c2)cc1. The van der Waals surface area contributed by atoms with Crippen LogP contribution in [-0.2, 0) is 0 Å². The minimum atomic E-state index is 0. The minimum Gasteiger partial charge on any atom is -0.355 e. The normalized spacial score (nSPS) is 9.33. The number of H-pyrrole nitrogens is 1. The molecule has 0 saturated carbocycles. The average Bonchev–Trinajstić information content (AvgIpc) is 3.03. The minimum absolute atomic E-state index is 0. The summed E-state index contributed by atoms with van der Waals surface area (Å²) < 4.78 is 0. The second-order valence-corrected chi connectivity index (χ2v) is 4.80. The number of benzene rings is 3. The zero-order valence-corrected chi connectivity index (χ0v) is 14.4. The van der Waals surface area contributed by atoms with Gasteiger partial charge in [0.2, 0.25) is 0 Å². The molecule has 24 heavy (non-hydrogen) atoms. The highest BCUT2D eigenvalue weighted by atomic mass is 14.7. The monoisotopic (exact) mass is 321 g/mol. The van der Waals surface area contributed by atoms with E-state index < -0.39 is 0 Å². The van der Waals surface area contributed by atoms with Crippen molar-refractivity contribution in [1.29, 1.82) is 0 Å². The van der Waals surface area contributed by atoms with E-state index in [2.05, 4.69) is 71.7 Å². The standard InChI is InChI=1S/C18H13N.2C2H6.CH4.H2/c1-2-6-13(7-3-1)14-10-11-18-16(12-14)15-8-4-5-9-17(15)19-18;2*1-2;;/h1-12,19H;2*1-2H3;1H4;1H. The largest absolute Gasteiger partial charge is 0.355 e. The summed E-state index contributed by atoms with van der Waals surface area (Å²) >= 11 is 0. The molecule has 1 aromatic heterocycles. The van der Waals surface area contributed by atoms with Gasteiger partial charge in [0.25, 0.3) is 0 Å². The second kappa shape index (κ2) is 9.57. The first-order valence-electron chi connectivity index (χ1n) is 8.48. The lowest BCUT2D eigenvalue weighted by molar-refractivity contribution is 1.50. The van der Waals surface area contributed by atoms with E-state index in [0.717, 1.165) is 0 Å². The first-order chi connectivity index (χ1) is 11.4. The van der Waals surface area contributed by atoms with Crippen LogP contribution in [0.1, 0.15) is 36.5 Å². The molecule has 0 saturated heterocycles. The van der Waals surface area contributed by atoms with Gasteiger partial charge in [-0.3, -0.25) is 0 Å². The van der Waals surface area contributed by atoms with E-state index in [-0.39, 0.29) is 8.85 Å². The molecule has 0 radical (unpaired) electrons. The Morgan fingerprint density at radius 2 is 1.17 bits per heavy atom. The molecule has 4 rings (SSSR count). The summed E-state index contributed by atoms with van der Waals surface area (Å²) in [4.78, 5) is 3.46. The molecule has 1 N–H and O–H groups in total. The highest BCUT2D eigenvalue weighted by molar-refractivity contribution is 6.08. The van der Waals surface area contributed by atoms with E-state index in [1.807, 2.05) is 33.8 Å². The van der Waals surface area contributed by atoms with E-state index >= 15 is 0 Å². The van der Waals surface area contributed by atoms with Crippen molar-refractivity contribution in [3.8, 4) is 11.1 Å². The Hall–Kier alpha value is -2.54. The number of para-hydroxylation sites is 1. The van der Waals surface area contributed by atoms with Gasteiger partial charge in [0.15, 0.2) is 0 Å². The quantitative estimate of drug-likeness (QED) is 0.366. The predicted octanol–water partition coefficient (Wildman–Crippen LogP) is 7.92. The van der Waals surface area contributed by atoms with Crippen LogP contribution >= 0.6 is 0 Å². The van der Waals surface area contributed by atoms with Gasteiger partial charge in [-0.05, 0) is 29.3 Å². The lowest BCUT2D eigenvalue weighted by Crippen LogP contribution is -1.76. The molecular weight excluding hydrogens is 290 g/mol. The van der Waals surface area contributed by atoms with E-state index in [4.69, 9.17) is 0 Å². The molecule has 0 aliphatic carbocycles. The van der Waals surface area contributed by atoms with Gasteiger partial charge in [0, 0.05) is 23.2 Å². The molecule has 1 nitrogen and oxygen atoms in total. The lowest BCUT2D eigenvalue weighted by Gasteiger charge is -2.01. The van der Waals surface area contributed by atoms with Crippen LogP contribution in [0, 0.1) is 0 Å². The maximum absolute atomic E-state index is 3.46. The van der Waals surface area contributed by atoms with Crippen LogP contribution in [0.3, 0.4) is 0 Å². The van der Waals surface area contributed by atoms with Crippen molar-refractivity contribution < 1.29 is 1.43 Å². The van der Waals surface area contributed by atoms with E-state index in [9.17, 15) is 0 Å². The Kier molecular flexibility index (Phi) is 7.77. The lowest BCUT2D eigenvalue weighted by atomic mass is 10.0. The number of aromatic nitrogens is 1. The highest BCUT2D eigenvalue weighted by Crippen LogP contribution is 2.29. The number of hydrogen-bond donors (Lipinski definition) is 1. The molecule has 0 unspecified atom stereocenters. The Labute approximate surface area is 147 Å². The highest BCUT2D eigenvalue weighted by Gasteiger charge is 2.05. The topological polar surface area (TPSA) is 15.8 Å². The van der Waals surface area contributed by atoms with Gasteiger partial charge in [-0.15, -0.1) is 0 Å². The van der Waals surface area contributed by atoms with Crippen molar-refractivity contribution in [1.82, 2.24) is 4.98 Å². The van der Waals surface area contributed by atoms with Crippen molar-refractivity contribution in [3.05, 3.63) is 72.8 Å². The first-order valence-corrected chi connectivity index (χ1v) is 8.48. The average molecular weight is 322 g/mol. The summed E-state index contributed by atoms with van der Waals surface area (Å²) in [7, 11) is 0. The number of aromatic amines is 1. The summed E-state index contributed by atoms with van der Waals surface area (Å²) in [6.45, 7) is 8.00. The summed E-state index contributed by atoms with van der Waals surface area (Å²) in [5, 5.41) is 2.58. The van der Waals surface area contributed by atoms with Crippen LogP contribution in [0.4, 0.5) is 0 Å². The molecule has 0 fully saturated rings. The maximum Gasteiger partial charge on any atom is 0.0465 e. The number of fused-ring (bicyclic) bond motifs is 3. The van der Waals surface area contributed by atoms with Crippen LogP contribution in [0.15, 0.2) is 72.8 Å². The van der Waals surface area contributed by atoms with Gasteiger partial charge in [-0.1, -0.05) is 89.7 Å². The Morgan fingerprint density at radius 1 is 0.583 bits per heavy atom. The van der Waals surface area contributed by atoms with Crippen LogP contribution < -0.4 is 0 Å². The van der Waals surface area contributed by atoms with E-state index in [0.29, 0.717) is 0 Å². The third-order valence-electron chi connectivity index (χ3n) is 3.61. The molecule has 0 bridgehead atoms. The van der Waals surface area contributed by atoms with Gasteiger partial charge in [0.05, 0.1) is 0 Å². The van der Waals surface area contributed by atoms with Gasteiger partial charge >= 0.3 is 0 Å². The van der Waals surface area contributed by atoms with Gasteiger partial charge < -0.3 is 4.98 Å². The van der Waals surface area contributed by atoms with Crippen molar-refractivity contribution >= 4 is 21.8 Å². The molecular formula is C23H31N. The summed E-state index contributed by atoms with van der Waals surface area (Å²) in [6, 6.07) is 25.6. The molecule has 1 heteroatoms. The van der Waals surface area contributed by atoms with Crippen LogP contribution in [0.25, 0.3) is 32.9 Å². The molecule has 0 amide bonds. The molecule has 3 aromatic carbocycles. The number of nitrogens with one attached hydrogen (secondary N) is 1. The summed E-state index contributed by atoms with van der Waals surface area (Å²) in [5.74, 6) is 0.